The number of aliphatic imine (C=N–C) groups is 2. The number of amides is 3. The van der Waals surface area contributed by atoms with E-state index in [0.717, 1.165) is 16.5 Å². The number of aliphatic carboxylic acids is 1. The number of H-pyrrole nitrogens is 1. The van der Waals surface area contributed by atoms with Gasteiger partial charge >= 0.3 is 5.97 Å². The number of nitrogens with zero attached hydrogens (tertiary/aromatic N) is 2. The minimum atomic E-state index is -1.29. The number of hydrogen-bond acceptors (Lipinski definition) is 8. The number of phenols is 1. The van der Waals surface area contributed by atoms with Crippen molar-refractivity contribution in [1.29, 1.82) is 0 Å². The maximum absolute atomic E-state index is 13.9. The highest BCUT2D eigenvalue weighted by molar-refractivity contribution is 5.95. The van der Waals surface area contributed by atoms with E-state index in [-0.39, 0.29) is 69.3 Å². The van der Waals surface area contributed by atoms with Crippen molar-refractivity contribution >= 4 is 46.5 Å². The van der Waals surface area contributed by atoms with E-state index in [1.165, 1.54) is 12.1 Å². The smallest absolute Gasteiger partial charge is 0.326 e. The molecule has 0 aliphatic rings. The van der Waals surface area contributed by atoms with Gasteiger partial charge in [0.05, 0.1) is 6.04 Å². The van der Waals surface area contributed by atoms with Gasteiger partial charge in [-0.3, -0.25) is 24.4 Å². The summed E-state index contributed by atoms with van der Waals surface area (Å²) < 4.78 is 0. The van der Waals surface area contributed by atoms with Crippen LogP contribution in [-0.2, 0) is 32.0 Å². The Morgan fingerprint density at radius 3 is 1.90 bits per heavy atom. The van der Waals surface area contributed by atoms with Crippen LogP contribution in [0.5, 0.6) is 5.75 Å². The van der Waals surface area contributed by atoms with Crippen molar-refractivity contribution in [1.82, 2.24) is 20.9 Å². The van der Waals surface area contributed by atoms with E-state index in [0.29, 0.717) is 5.56 Å². The fourth-order valence-electron chi connectivity index (χ4n) is 5.07. The molecule has 1 aromatic heterocycles. The zero-order valence-corrected chi connectivity index (χ0v) is 27.0. The minimum Gasteiger partial charge on any atom is -0.508 e. The SMILES string of the molecule is NC(N)=NCCCC(NC(=O)C(CCCN=C(N)N)NC(=O)C(Cc1c[nH]c2ccccc12)NC(=O)C(N)Cc1ccc(O)cc1)C(=O)O. The summed E-state index contributed by atoms with van der Waals surface area (Å²) in [6.07, 6.45) is 2.48. The zero-order valence-electron chi connectivity index (χ0n) is 27.0. The number of carboxylic acids is 1. The van der Waals surface area contributed by atoms with Gasteiger partial charge in [-0.1, -0.05) is 30.3 Å². The average Bonchev–Trinajstić information content (AvgIpc) is 3.46. The van der Waals surface area contributed by atoms with Crippen molar-refractivity contribution in [2.24, 2.45) is 38.7 Å². The molecule has 4 unspecified atom stereocenters. The maximum atomic E-state index is 13.9. The number of hydrogen-bond donors (Lipinski definition) is 11. The van der Waals surface area contributed by atoms with E-state index in [1.54, 1.807) is 18.3 Å². The summed E-state index contributed by atoms with van der Waals surface area (Å²) >= 11 is 0. The van der Waals surface area contributed by atoms with E-state index >= 15 is 0 Å². The maximum Gasteiger partial charge on any atom is 0.326 e. The van der Waals surface area contributed by atoms with Crippen LogP contribution in [0.4, 0.5) is 0 Å². The second kappa shape index (κ2) is 18.5. The molecule has 0 saturated heterocycles. The van der Waals surface area contributed by atoms with Crippen LogP contribution < -0.4 is 44.6 Å². The first kappa shape index (κ1) is 37.6. The van der Waals surface area contributed by atoms with Crippen LogP contribution in [0.3, 0.4) is 0 Å². The van der Waals surface area contributed by atoms with Crippen LogP contribution in [0.15, 0.2) is 64.7 Å². The molecule has 2 aromatic carbocycles. The van der Waals surface area contributed by atoms with Gasteiger partial charge in [0.25, 0.3) is 0 Å². The van der Waals surface area contributed by atoms with E-state index in [2.05, 4.69) is 30.9 Å². The summed E-state index contributed by atoms with van der Waals surface area (Å²) in [7, 11) is 0. The second-order valence-electron chi connectivity index (χ2n) is 11.5. The largest absolute Gasteiger partial charge is 0.508 e. The quantitative estimate of drug-likeness (QED) is 0.0399. The van der Waals surface area contributed by atoms with Gasteiger partial charge in [0.15, 0.2) is 11.9 Å². The summed E-state index contributed by atoms with van der Waals surface area (Å²) in [5.41, 5.74) is 30.0. The number of rotatable bonds is 19. The molecule has 17 heteroatoms. The first-order valence-electron chi connectivity index (χ1n) is 15.7. The molecule has 0 aliphatic heterocycles. The lowest BCUT2D eigenvalue weighted by molar-refractivity contribution is -0.142. The summed E-state index contributed by atoms with van der Waals surface area (Å²) in [6.45, 7) is 0.301. The number of phenolic OH excluding ortho intramolecular Hbond substituents is 1. The number of benzene rings is 2. The Morgan fingerprint density at radius 2 is 1.29 bits per heavy atom. The highest BCUT2D eigenvalue weighted by Crippen LogP contribution is 2.20. The first-order valence-corrected chi connectivity index (χ1v) is 15.7. The number of carbonyl (C=O) groups excluding carboxylic acids is 3. The van der Waals surface area contributed by atoms with E-state index < -0.39 is 47.9 Å². The van der Waals surface area contributed by atoms with Crippen molar-refractivity contribution in [2.75, 3.05) is 13.1 Å². The number of guanidine groups is 2. The predicted octanol–water partition coefficient (Wildman–Crippen LogP) is -1.37. The van der Waals surface area contributed by atoms with Crippen molar-refractivity contribution in [3.05, 3.63) is 65.9 Å². The fraction of sp³-hybridized carbons (Fsp3) is 0.375. The lowest BCUT2D eigenvalue weighted by Gasteiger charge is -2.25. The summed E-state index contributed by atoms with van der Waals surface area (Å²) in [5.74, 6) is -3.58. The average molecular weight is 680 g/mol. The molecule has 0 aliphatic carbocycles. The fourth-order valence-corrected chi connectivity index (χ4v) is 5.07. The minimum absolute atomic E-state index is 0.0185. The third-order valence-electron chi connectivity index (χ3n) is 7.60. The van der Waals surface area contributed by atoms with Gasteiger partial charge in [-0.15, -0.1) is 0 Å². The summed E-state index contributed by atoms with van der Waals surface area (Å²) in [6, 6.07) is 8.92. The van der Waals surface area contributed by atoms with Gasteiger partial charge < -0.3 is 59.8 Å². The molecule has 4 atom stereocenters. The highest BCUT2D eigenvalue weighted by Gasteiger charge is 2.31. The number of para-hydroxylation sites is 1. The standard InChI is InChI=1S/C32H45N11O6/c33-22(15-18-9-11-20(44)12-10-18)27(45)43-26(16-19-17-40-23-6-2-1-5-21(19)23)29(47)41-24(7-3-13-38-31(34)35)28(46)42-25(30(48)49)8-4-14-39-32(36)37/h1-2,5-6,9-12,17,22,24-26,40,44H,3-4,7-8,13-16,33H2,(H,41,47)(H,42,46)(H,43,45)(H,48,49)(H4,34,35,38)(H4,36,37,39). The number of nitrogens with one attached hydrogen (secondary N) is 4. The molecule has 1 heterocycles. The number of aromatic hydroxyl groups is 1. The lowest BCUT2D eigenvalue weighted by Crippen LogP contribution is -2.57. The van der Waals surface area contributed by atoms with Crippen molar-refractivity contribution in [2.45, 2.75) is 62.7 Å². The Morgan fingerprint density at radius 1 is 0.735 bits per heavy atom. The molecule has 49 heavy (non-hydrogen) atoms. The Bertz CT molecular complexity index is 1630. The molecule has 264 valence electrons. The number of nitrogens with two attached hydrogens (primary N) is 5. The van der Waals surface area contributed by atoms with Crippen molar-refractivity contribution < 1.29 is 29.4 Å². The van der Waals surface area contributed by atoms with Gasteiger partial charge in [-0.2, -0.15) is 0 Å². The molecular weight excluding hydrogens is 634 g/mol. The number of carbonyl (C=O) groups is 4. The molecule has 16 N–H and O–H groups in total. The monoisotopic (exact) mass is 679 g/mol. The van der Waals surface area contributed by atoms with Crippen LogP contribution in [0.1, 0.15) is 36.8 Å². The van der Waals surface area contributed by atoms with Gasteiger partial charge in [0.1, 0.15) is 23.9 Å². The van der Waals surface area contributed by atoms with Crippen molar-refractivity contribution in [3.63, 3.8) is 0 Å². The van der Waals surface area contributed by atoms with E-state index in [1.807, 2.05) is 24.3 Å². The number of aromatic amines is 1. The molecule has 3 rings (SSSR count). The van der Waals surface area contributed by atoms with Gasteiger partial charge in [0, 0.05) is 36.6 Å². The van der Waals surface area contributed by atoms with Crippen molar-refractivity contribution in [3.8, 4) is 5.75 Å². The first-order chi connectivity index (χ1) is 23.3. The molecule has 0 saturated carbocycles. The zero-order chi connectivity index (χ0) is 35.9. The second-order valence-corrected chi connectivity index (χ2v) is 11.5. The third-order valence-corrected chi connectivity index (χ3v) is 7.60. The molecule has 17 nitrogen and oxygen atoms in total. The van der Waals surface area contributed by atoms with Crippen LogP contribution in [-0.4, -0.2) is 88.1 Å². The van der Waals surface area contributed by atoms with Crippen LogP contribution in [0, 0.1) is 0 Å². The Labute approximate surface area is 282 Å². The van der Waals surface area contributed by atoms with Gasteiger partial charge in [-0.25, -0.2) is 4.79 Å². The normalized spacial score (nSPS) is 13.3. The van der Waals surface area contributed by atoms with Crippen LogP contribution in [0.2, 0.25) is 0 Å². The summed E-state index contributed by atoms with van der Waals surface area (Å²) in [5, 5.41) is 28.1. The predicted molar refractivity (Wildman–Crippen MR) is 185 cm³/mol. The van der Waals surface area contributed by atoms with Gasteiger partial charge in [-0.05, 0) is 61.4 Å². The Kier molecular flexibility index (Phi) is 14.2. The van der Waals surface area contributed by atoms with E-state index in [9.17, 15) is 29.4 Å². The molecule has 0 fully saturated rings. The molecule has 0 bridgehead atoms. The summed E-state index contributed by atoms with van der Waals surface area (Å²) in [4.78, 5) is 63.5. The number of fused-ring (bicyclic) bond motifs is 1. The molecular formula is C32H45N11O6. The van der Waals surface area contributed by atoms with Gasteiger partial charge in [0.2, 0.25) is 17.7 Å². The molecule has 0 radical (unpaired) electrons. The third kappa shape index (κ3) is 12.4. The lowest BCUT2D eigenvalue weighted by atomic mass is 10.0. The topological polar surface area (TPSA) is 315 Å². The Hall–Kier alpha value is -5.84. The Balaban J connectivity index is 1.83. The van der Waals surface area contributed by atoms with Crippen LogP contribution in [0.25, 0.3) is 10.9 Å². The number of aromatic nitrogens is 1. The molecule has 0 spiro atoms. The van der Waals surface area contributed by atoms with Crippen LogP contribution >= 0.6 is 0 Å². The number of carboxylic acid groups (broad SMARTS) is 1. The highest BCUT2D eigenvalue weighted by atomic mass is 16.4. The molecule has 3 aromatic rings. The molecule has 3 amide bonds. The van der Waals surface area contributed by atoms with E-state index in [4.69, 9.17) is 28.7 Å².